The molecule has 0 aliphatic carbocycles. The molecule has 3 heterocycles. The molecule has 7 rings (SSSR count). The molecule has 4 aromatic carbocycles. The molecule has 8 heteroatoms. The molecule has 1 aliphatic heterocycles. The van der Waals surface area contributed by atoms with Crippen LogP contribution in [0.1, 0.15) is 22.6 Å². The Labute approximate surface area is 224 Å². The van der Waals surface area contributed by atoms with Gasteiger partial charge in [0, 0.05) is 11.5 Å². The molecule has 0 amide bonds. The first-order chi connectivity index (χ1) is 19.2. The molecule has 192 valence electrons. The van der Waals surface area contributed by atoms with Crippen LogP contribution >= 0.6 is 0 Å². The van der Waals surface area contributed by atoms with Crippen LogP contribution in [0.15, 0.2) is 85.2 Å². The Balaban J connectivity index is 1.54. The normalized spacial score (nSPS) is 14.0. The molecule has 1 atom stereocenters. The van der Waals surface area contributed by atoms with Crippen LogP contribution in [0, 0.1) is 0 Å². The van der Waals surface area contributed by atoms with E-state index in [1.807, 2.05) is 60.7 Å². The van der Waals surface area contributed by atoms with Crippen molar-refractivity contribution in [2.45, 2.75) is 5.92 Å². The highest BCUT2D eigenvalue weighted by molar-refractivity contribution is 5.91. The number of nitrogens with zero attached hydrogens (tertiary/aromatic N) is 4. The lowest BCUT2D eigenvalue weighted by Crippen LogP contribution is -2.15. The van der Waals surface area contributed by atoms with Gasteiger partial charge in [-0.25, -0.2) is 14.5 Å². The maximum Gasteiger partial charge on any atom is 0.228 e. The smallest absolute Gasteiger partial charge is 0.228 e. The number of rotatable bonds is 5. The summed E-state index contributed by atoms with van der Waals surface area (Å²) >= 11 is 0. The lowest BCUT2D eigenvalue weighted by atomic mass is 9.81. The van der Waals surface area contributed by atoms with Crippen molar-refractivity contribution in [3.05, 3.63) is 102 Å². The summed E-state index contributed by atoms with van der Waals surface area (Å²) in [6, 6.07) is 26.1. The van der Waals surface area contributed by atoms with Gasteiger partial charge in [0.2, 0.25) is 5.88 Å². The Morgan fingerprint density at radius 2 is 1.56 bits per heavy atom. The van der Waals surface area contributed by atoms with Crippen LogP contribution in [0.25, 0.3) is 27.8 Å². The summed E-state index contributed by atoms with van der Waals surface area (Å²) in [6.45, 7) is 0. The summed E-state index contributed by atoms with van der Waals surface area (Å²) in [5, 5.41) is 6.98. The molecule has 0 fully saturated rings. The van der Waals surface area contributed by atoms with Crippen LogP contribution in [0.4, 0.5) is 0 Å². The molecule has 1 unspecified atom stereocenters. The second-order valence-corrected chi connectivity index (χ2v) is 9.22. The maximum atomic E-state index is 6.43. The van der Waals surface area contributed by atoms with Gasteiger partial charge in [0.1, 0.15) is 17.8 Å². The minimum Gasteiger partial charge on any atom is -0.496 e. The summed E-state index contributed by atoms with van der Waals surface area (Å²) in [7, 11) is 4.91. The fourth-order valence-electron chi connectivity index (χ4n) is 5.41. The first-order valence-corrected chi connectivity index (χ1v) is 12.5. The standard InChI is InChI=1S/C31H24N4O4/c1-36-22-11-7-6-10-21(22)29-33-30-28-26(19-13-14-23(37-2)25(16-19)38-3)27-20-9-5-4-8-18(20)12-15-24(27)39-31(28)32-17-35(30)34-29/h4-17,26H,1-3H3. The lowest BCUT2D eigenvalue weighted by molar-refractivity contribution is 0.354. The van der Waals surface area contributed by atoms with E-state index in [-0.39, 0.29) is 5.92 Å². The Bertz CT molecular complexity index is 1880. The van der Waals surface area contributed by atoms with Crippen molar-refractivity contribution < 1.29 is 18.9 Å². The zero-order valence-electron chi connectivity index (χ0n) is 21.6. The fourth-order valence-corrected chi connectivity index (χ4v) is 5.41. The summed E-state index contributed by atoms with van der Waals surface area (Å²) in [4.78, 5) is 9.68. The van der Waals surface area contributed by atoms with E-state index in [9.17, 15) is 0 Å². The highest BCUT2D eigenvalue weighted by Gasteiger charge is 2.35. The van der Waals surface area contributed by atoms with Crippen molar-refractivity contribution in [3.8, 4) is 40.3 Å². The number of hydrogen-bond donors (Lipinski definition) is 0. The Morgan fingerprint density at radius 1 is 0.769 bits per heavy atom. The van der Waals surface area contributed by atoms with Crippen LogP contribution in [0.5, 0.6) is 28.9 Å². The van der Waals surface area contributed by atoms with E-state index in [1.54, 1.807) is 32.2 Å². The van der Waals surface area contributed by atoms with Gasteiger partial charge in [0.15, 0.2) is 23.0 Å². The Hall–Kier alpha value is -5.11. The number of fused-ring (bicyclic) bond motifs is 6. The molecule has 2 aromatic heterocycles. The van der Waals surface area contributed by atoms with Gasteiger partial charge in [-0.3, -0.25) is 0 Å². The van der Waals surface area contributed by atoms with Crippen LogP contribution < -0.4 is 18.9 Å². The van der Waals surface area contributed by atoms with Gasteiger partial charge in [-0.05, 0) is 46.7 Å². The van der Waals surface area contributed by atoms with E-state index < -0.39 is 0 Å². The third kappa shape index (κ3) is 3.56. The Kier molecular flexibility index (Phi) is 5.33. The van der Waals surface area contributed by atoms with E-state index >= 15 is 0 Å². The molecule has 0 bridgehead atoms. The van der Waals surface area contributed by atoms with E-state index in [4.69, 9.17) is 29.0 Å². The predicted octanol–water partition coefficient (Wildman–Crippen LogP) is 6.26. The van der Waals surface area contributed by atoms with Gasteiger partial charge in [0.25, 0.3) is 0 Å². The van der Waals surface area contributed by atoms with Crippen molar-refractivity contribution >= 4 is 16.4 Å². The van der Waals surface area contributed by atoms with E-state index in [2.05, 4.69) is 23.2 Å². The second kappa shape index (κ2) is 9.02. The van der Waals surface area contributed by atoms with Crippen molar-refractivity contribution in [1.29, 1.82) is 0 Å². The average Bonchev–Trinajstić information content (AvgIpc) is 3.44. The summed E-state index contributed by atoms with van der Waals surface area (Å²) < 4.78 is 24.9. The minimum absolute atomic E-state index is 0.263. The SMILES string of the molecule is COc1ccc(C2c3c(ccc4ccccc34)Oc3ncn4nc(-c5ccccc5OC)nc4c32)cc1OC. The molecule has 0 saturated carbocycles. The van der Waals surface area contributed by atoms with Gasteiger partial charge in [-0.1, -0.05) is 48.5 Å². The number of para-hydroxylation sites is 1. The lowest BCUT2D eigenvalue weighted by Gasteiger charge is -2.29. The van der Waals surface area contributed by atoms with E-state index in [0.717, 1.165) is 38.8 Å². The molecule has 0 saturated heterocycles. The van der Waals surface area contributed by atoms with Crippen molar-refractivity contribution in [2.24, 2.45) is 0 Å². The third-order valence-corrected chi connectivity index (χ3v) is 7.19. The van der Waals surface area contributed by atoms with Crippen molar-refractivity contribution in [3.63, 3.8) is 0 Å². The number of methoxy groups -OCH3 is 3. The molecular weight excluding hydrogens is 492 g/mol. The number of hydrogen-bond acceptors (Lipinski definition) is 7. The number of ether oxygens (including phenoxy) is 4. The van der Waals surface area contributed by atoms with E-state index in [1.165, 1.54) is 0 Å². The molecule has 39 heavy (non-hydrogen) atoms. The molecule has 0 radical (unpaired) electrons. The van der Waals surface area contributed by atoms with Gasteiger partial charge in [-0.15, -0.1) is 5.10 Å². The van der Waals surface area contributed by atoms with Gasteiger partial charge in [-0.2, -0.15) is 0 Å². The van der Waals surface area contributed by atoms with Gasteiger partial charge < -0.3 is 18.9 Å². The highest BCUT2D eigenvalue weighted by Crippen LogP contribution is 2.51. The topological polar surface area (TPSA) is 80.0 Å². The van der Waals surface area contributed by atoms with Crippen LogP contribution in [0.3, 0.4) is 0 Å². The predicted molar refractivity (Wildman–Crippen MR) is 147 cm³/mol. The molecule has 8 nitrogen and oxygen atoms in total. The molecular formula is C31H24N4O4. The largest absolute Gasteiger partial charge is 0.496 e. The Morgan fingerprint density at radius 3 is 2.41 bits per heavy atom. The third-order valence-electron chi connectivity index (χ3n) is 7.19. The summed E-state index contributed by atoms with van der Waals surface area (Å²) in [5.41, 5.74) is 4.29. The molecule has 0 N–H and O–H groups in total. The van der Waals surface area contributed by atoms with Crippen molar-refractivity contribution in [2.75, 3.05) is 21.3 Å². The zero-order chi connectivity index (χ0) is 26.5. The molecule has 0 spiro atoms. The van der Waals surface area contributed by atoms with Gasteiger partial charge >= 0.3 is 0 Å². The van der Waals surface area contributed by atoms with E-state index in [0.29, 0.717) is 34.6 Å². The number of aromatic nitrogens is 4. The van der Waals surface area contributed by atoms with Crippen LogP contribution in [-0.4, -0.2) is 40.9 Å². The first kappa shape index (κ1) is 23.0. The maximum absolute atomic E-state index is 6.43. The highest BCUT2D eigenvalue weighted by atomic mass is 16.5. The number of benzene rings is 4. The summed E-state index contributed by atoms with van der Waals surface area (Å²) in [5.74, 6) is 3.51. The first-order valence-electron chi connectivity index (χ1n) is 12.5. The second-order valence-electron chi connectivity index (χ2n) is 9.22. The molecule has 6 aromatic rings. The quantitative estimate of drug-likeness (QED) is 0.267. The van der Waals surface area contributed by atoms with Crippen molar-refractivity contribution in [1.82, 2.24) is 19.6 Å². The monoisotopic (exact) mass is 516 g/mol. The van der Waals surface area contributed by atoms with Crippen LogP contribution in [0.2, 0.25) is 0 Å². The molecule has 1 aliphatic rings. The minimum atomic E-state index is -0.263. The zero-order valence-corrected chi connectivity index (χ0v) is 21.6. The fraction of sp³-hybridized carbons (Fsp3) is 0.129. The summed E-state index contributed by atoms with van der Waals surface area (Å²) in [6.07, 6.45) is 1.64. The average molecular weight is 517 g/mol. The van der Waals surface area contributed by atoms with Crippen LogP contribution in [-0.2, 0) is 0 Å². The van der Waals surface area contributed by atoms with Gasteiger partial charge in [0.05, 0.1) is 32.5 Å².